The lowest BCUT2D eigenvalue weighted by Crippen LogP contribution is -2.42. The molecule has 33 heavy (non-hydrogen) atoms. The summed E-state index contributed by atoms with van der Waals surface area (Å²) >= 11 is 0. The molecule has 0 bridgehead atoms. The molecule has 0 atom stereocenters. The first kappa shape index (κ1) is 22.6. The zero-order valence-corrected chi connectivity index (χ0v) is 19.0. The third-order valence-corrected chi connectivity index (χ3v) is 6.70. The van der Waals surface area contributed by atoms with Crippen molar-refractivity contribution >= 4 is 38.3 Å². The molecule has 1 aliphatic heterocycles. The number of carbonyl (C=O) groups is 2. The summed E-state index contributed by atoms with van der Waals surface area (Å²) in [5, 5.41) is 4.80. The van der Waals surface area contributed by atoms with Crippen LogP contribution in [-0.4, -0.2) is 36.6 Å². The summed E-state index contributed by atoms with van der Waals surface area (Å²) < 4.78 is 26.8. The lowest BCUT2D eigenvalue weighted by Gasteiger charge is -2.15. The first-order chi connectivity index (χ1) is 15.7. The van der Waals surface area contributed by atoms with Gasteiger partial charge in [-0.25, -0.2) is 13.1 Å². The van der Waals surface area contributed by atoms with Crippen molar-refractivity contribution < 1.29 is 18.0 Å². The highest BCUT2D eigenvalue weighted by Crippen LogP contribution is 2.30. The fourth-order valence-electron chi connectivity index (χ4n) is 3.87. The molecule has 0 fully saturated rings. The van der Waals surface area contributed by atoms with E-state index in [9.17, 15) is 22.8 Å². The summed E-state index contributed by atoms with van der Waals surface area (Å²) in [6.07, 6.45) is 1.18. The molecule has 3 aromatic rings. The van der Waals surface area contributed by atoms with E-state index in [1.807, 2.05) is 6.92 Å². The Hall–Kier alpha value is -3.57. The summed E-state index contributed by atoms with van der Waals surface area (Å²) in [5.74, 6) is -0.901. The number of nitrogens with one attached hydrogen (secondary N) is 2. The number of amides is 2. The van der Waals surface area contributed by atoms with Crippen LogP contribution in [0.5, 0.6) is 0 Å². The summed E-state index contributed by atoms with van der Waals surface area (Å²) in [7, 11) is -4.09. The maximum Gasteiger partial charge on any atom is 0.287 e. The lowest BCUT2D eigenvalue weighted by atomic mass is 10.1. The van der Waals surface area contributed by atoms with Gasteiger partial charge in [-0.15, -0.1) is 4.83 Å². The third-order valence-electron chi connectivity index (χ3n) is 5.45. The summed E-state index contributed by atoms with van der Waals surface area (Å²) in [6, 6.07) is 11.0. The van der Waals surface area contributed by atoms with E-state index in [0.29, 0.717) is 42.4 Å². The van der Waals surface area contributed by atoms with Gasteiger partial charge >= 0.3 is 0 Å². The van der Waals surface area contributed by atoms with Crippen LogP contribution in [0.4, 0.5) is 5.69 Å². The average molecular weight is 470 g/mol. The number of sulfonamides is 1. The standard InChI is InChI=1S/C22H23N5O5S/c1-3-11-27-22(30)18-7-5-4-6-17(18)20(24-27)21(29)23-25-33(31,32)16-8-9-19-15(13-16)10-12-26(19)14(2)28/h4-9,13,25H,3,10-12H2,1-2H3,(H,23,29). The van der Waals surface area contributed by atoms with Crippen molar-refractivity contribution in [2.45, 2.75) is 38.1 Å². The molecule has 4 rings (SSSR count). The van der Waals surface area contributed by atoms with E-state index >= 15 is 0 Å². The number of nitrogens with zero attached hydrogens (tertiary/aromatic N) is 3. The molecule has 2 N–H and O–H groups in total. The number of anilines is 1. The smallest absolute Gasteiger partial charge is 0.287 e. The van der Waals surface area contributed by atoms with Crippen LogP contribution in [0.2, 0.25) is 0 Å². The SMILES string of the molecule is CCCn1nc(C(=O)NNS(=O)(=O)c2ccc3c(c2)CCN3C(C)=O)c2ccccc2c1=O. The zero-order valence-electron chi connectivity index (χ0n) is 18.2. The fraction of sp³-hybridized carbons (Fsp3) is 0.273. The van der Waals surface area contributed by atoms with Crippen molar-refractivity contribution in [3.63, 3.8) is 0 Å². The van der Waals surface area contributed by atoms with Crippen LogP contribution in [0, 0.1) is 0 Å². The van der Waals surface area contributed by atoms with Gasteiger partial charge in [0.1, 0.15) is 0 Å². The number of aromatic nitrogens is 2. The van der Waals surface area contributed by atoms with E-state index in [0.717, 1.165) is 5.56 Å². The molecule has 1 aromatic heterocycles. The Kier molecular flexibility index (Phi) is 6.00. The Morgan fingerprint density at radius 3 is 2.55 bits per heavy atom. The molecular weight excluding hydrogens is 446 g/mol. The molecule has 2 amide bonds. The van der Waals surface area contributed by atoms with Gasteiger partial charge in [-0.05, 0) is 42.7 Å². The van der Waals surface area contributed by atoms with E-state index in [4.69, 9.17) is 0 Å². The number of carbonyl (C=O) groups excluding carboxylic acids is 2. The predicted octanol–water partition coefficient (Wildman–Crippen LogP) is 1.34. The van der Waals surface area contributed by atoms with Gasteiger partial charge in [0, 0.05) is 31.1 Å². The fourth-order valence-corrected chi connectivity index (χ4v) is 4.76. The monoisotopic (exact) mass is 469 g/mol. The second-order valence-electron chi connectivity index (χ2n) is 7.69. The highest BCUT2D eigenvalue weighted by molar-refractivity contribution is 7.89. The molecule has 0 unspecified atom stereocenters. The minimum atomic E-state index is -4.09. The van der Waals surface area contributed by atoms with Crippen molar-refractivity contribution in [3.05, 3.63) is 64.1 Å². The van der Waals surface area contributed by atoms with E-state index in [1.54, 1.807) is 35.2 Å². The molecule has 11 heteroatoms. The Morgan fingerprint density at radius 1 is 1.12 bits per heavy atom. The van der Waals surface area contributed by atoms with E-state index < -0.39 is 15.9 Å². The van der Waals surface area contributed by atoms with E-state index in [2.05, 4.69) is 15.4 Å². The number of hydrogen-bond donors (Lipinski definition) is 2. The maximum atomic E-state index is 12.8. The van der Waals surface area contributed by atoms with Gasteiger partial charge in [-0.2, -0.15) is 5.10 Å². The highest BCUT2D eigenvalue weighted by Gasteiger charge is 2.25. The van der Waals surface area contributed by atoms with Crippen LogP contribution in [0.1, 0.15) is 36.3 Å². The largest absolute Gasteiger partial charge is 0.312 e. The minimum absolute atomic E-state index is 0.0410. The number of benzene rings is 2. The van der Waals surface area contributed by atoms with Crippen LogP contribution in [0.25, 0.3) is 10.8 Å². The number of hydrazine groups is 1. The molecule has 10 nitrogen and oxygen atoms in total. The number of fused-ring (bicyclic) bond motifs is 2. The van der Waals surface area contributed by atoms with Gasteiger partial charge in [0.15, 0.2) is 5.69 Å². The normalized spacial score (nSPS) is 13.2. The Balaban J connectivity index is 1.59. The number of aryl methyl sites for hydroxylation is 1. The van der Waals surface area contributed by atoms with Gasteiger partial charge in [-0.1, -0.05) is 25.1 Å². The lowest BCUT2D eigenvalue weighted by molar-refractivity contribution is -0.116. The molecule has 2 heterocycles. The molecule has 1 aliphatic rings. The van der Waals surface area contributed by atoms with Crippen LogP contribution in [-0.2, 0) is 27.8 Å². The van der Waals surface area contributed by atoms with Crippen molar-refractivity contribution in [2.75, 3.05) is 11.4 Å². The van der Waals surface area contributed by atoms with Crippen molar-refractivity contribution in [3.8, 4) is 0 Å². The first-order valence-electron chi connectivity index (χ1n) is 10.5. The van der Waals surface area contributed by atoms with Crippen molar-refractivity contribution in [1.82, 2.24) is 20.0 Å². The van der Waals surface area contributed by atoms with E-state index in [1.165, 1.54) is 23.7 Å². The van der Waals surface area contributed by atoms with Gasteiger partial charge in [0.05, 0.1) is 10.3 Å². The predicted molar refractivity (Wildman–Crippen MR) is 122 cm³/mol. The minimum Gasteiger partial charge on any atom is -0.312 e. The molecule has 172 valence electrons. The van der Waals surface area contributed by atoms with Crippen LogP contribution in [0.15, 0.2) is 52.2 Å². The number of rotatable bonds is 6. The first-order valence-corrected chi connectivity index (χ1v) is 11.9. The Labute approximate surface area is 190 Å². The summed E-state index contributed by atoms with van der Waals surface area (Å²) in [5.41, 5.74) is 3.23. The van der Waals surface area contributed by atoms with Gasteiger partial charge in [0.2, 0.25) is 5.91 Å². The second kappa shape index (κ2) is 8.75. The Bertz CT molecular complexity index is 1430. The van der Waals surface area contributed by atoms with Crippen LogP contribution < -0.4 is 20.7 Å². The van der Waals surface area contributed by atoms with Crippen LogP contribution >= 0.6 is 0 Å². The van der Waals surface area contributed by atoms with Gasteiger partial charge < -0.3 is 4.90 Å². The van der Waals surface area contributed by atoms with E-state index in [-0.39, 0.29) is 22.1 Å². The molecule has 2 aromatic carbocycles. The molecule has 0 spiro atoms. The highest BCUT2D eigenvalue weighted by atomic mass is 32.2. The maximum absolute atomic E-state index is 12.8. The van der Waals surface area contributed by atoms with Gasteiger partial charge in [0.25, 0.3) is 21.5 Å². The second-order valence-corrected chi connectivity index (χ2v) is 9.38. The molecule has 0 saturated heterocycles. The molecule has 0 saturated carbocycles. The molecular formula is C22H23N5O5S. The van der Waals surface area contributed by atoms with Gasteiger partial charge in [-0.3, -0.25) is 19.8 Å². The summed E-state index contributed by atoms with van der Waals surface area (Å²) in [4.78, 5) is 40.8. The van der Waals surface area contributed by atoms with Crippen molar-refractivity contribution in [2.24, 2.45) is 0 Å². The Morgan fingerprint density at radius 2 is 1.85 bits per heavy atom. The number of hydrogen-bond acceptors (Lipinski definition) is 6. The topological polar surface area (TPSA) is 130 Å². The third kappa shape index (κ3) is 4.24. The molecule has 0 radical (unpaired) electrons. The quantitative estimate of drug-likeness (QED) is 0.524. The molecule has 0 aliphatic carbocycles. The summed E-state index contributed by atoms with van der Waals surface area (Å²) in [6.45, 7) is 4.15. The van der Waals surface area contributed by atoms with Crippen molar-refractivity contribution in [1.29, 1.82) is 0 Å². The average Bonchev–Trinajstić information content (AvgIpc) is 3.23. The van der Waals surface area contributed by atoms with Crippen LogP contribution in [0.3, 0.4) is 0 Å². The zero-order chi connectivity index (χ0) is 23.8.